The minimum absolute atomic E-state index is 0.00167. The molecule has 1 aromatic carbocycles. The lowest BCUT2D eigenvalue weighted by Gasteiger charge is -2.12. The molecule has 0 bridgehead atoms. The van der Waals surface area contributed by atoms with Crippen LogP contribution in [0.3, 0.4) is 0 Å². The van der Waals surface area contributed by atoms with Gasteiger partial charge in [0.1, 0.15) is 11.5 Å². The quantitative estimate of drug-likeness (QED) is 0.884. The third kappa shape index (κ3) is 2.88. The van der Waals surface area contributed by atoms with Crippen LogP contribution in [0.2, 0.25) is 0 Å². The lowest BCUT2D eigenvalue weighted by Crippen LogP contribution is -2.14. The number of hydrogen-bond donors (Lipinski definition) is 1. The van der Waals surface area contributed by atoms with Gasteiger partial charge in [-0.05, 0) is 31.7 Å². The van der Waals surface area contributed by atoms with Gasteiger partial charge in [0.25, 0.3) is 0 Å². The Kier molecular flexibility index (Phi) is 4.18. The number of rotatable bonds is 4. The van der Waals surface area contributed by atoms with Crippen molar-refractivity contribution in [3.05, 3.63) is 47.7 Å². The van der Waals surface area contributed by atoms with Crippen LogP contribution < -0.4 is 5.32 Å². The molecule has 2 nitrogen and oxygen atoms in total. The number of furan rings is 1. The molecule has 1 heterocycles. The third-order valence-corrected chi connectivity index (χ3v) is 3.22. The first-order valence-electron chi connectivity index (χ1n) is 6.41. The van der Waals surface area contributed by atoms with Crippen molar-refractivity contribution in [1.29, 1.82) is 0 Å². The summed E-state index contributed by atoms with van der Waals surface area (Å²) in [6, 6.07) is 8.73. The van der Waals surface area contributed by atoms with Gasteiger partial charge < -0.3 is 9.73 Å². The highest BCUT2D eigenvalue weighted by Gasteiger charge is 2.34. The highest BCUT2D eigenvalue weighted by molar-refractivity contribution is 5.63. The zero-order valence-corrected chi connectivity index (χ0v) is 11.3. The highest BCUT2D eigenvalue weighted by Crippen LogP contribution is 2.38. The van der Waals surface area contributed by atoms with Gasteiger partial charge in [0.05, 0.1) is 11.6 Å². The summed E-state index contributed by atoms with van der Waals surface area (Å²) in [6.45, 7) is 1.98. The Labute approximate surface area is 115 Å². The Morgan fingerprint density at radius 2 is 1.85 bits per heavy atom. The molecule has 20 heavy (non-hydrogen) atoms. The molecule has 0 saturated heterocycles. The predicted molar refractivity (Wildman–Crippen MR) is 71.2 cm³/mol. The van der Waals surface area contributed by atoms with Gasteiger partial charge >= 0.3 is 6.18 Å². The average Bonchev–Trinajstić information content (AvgIpc) is 2.89. The second-order valence-corrected chi connectivity index (χ2v) is 4.49. The maximum Gasteiger partial charge on any atom is 0.417 e. The fourth-order valence-corrected chi connectivity index (χ4v) is 2.18. The van der Waals surface area contributed by atoms with Crippen molar-refractivity contribution < 1.29 is 17.6 Å². The van der Waals surface area contributed by atoms with Crippen LogP contribution in [-0.4, -0.2) is 7.05 Å². The first-order chi connectivity index (χ1) is 9.47. The molecule has 0 aliphatic carbocycles. The molecule has 108 valence electrons. The maximum atomic E-state index is 13.0. The van der Waals surface area contributed by atoms with Gasteiger partial charge in [-0.2, -0.15) is 13.2 Å². The minimum atomic E-state index is -4.39. The molecule has 5 heteroatoms. The molecule has 0 fully saturated rings. The largest absolute Gasteiger partial charge is 0.459 e. The summed E-state index contributed by atoms with van der Waals surface area (Å²) in [4.78, 5) is 0. The Morgan fingerprint density at radius 1 is 1.15 bits per heavy atom. The SMILES string of the molecule is CCC(NC)c1ccc(-c2ccccc2C(F)(F)F)o1. The molecule has 0 radical (unpaired) electrons. The highest BCUT2D eigenvalue weighted by atomic mass is 19.4. The summed E-state index contributed by atoms with van der Waals surface area (Å²) >= 11 is 0. The Morgan fingerprint density at radius 3 is 2.45 bits per heavy atom. The third-order valence-electron chi connectivity index (χ3n) is 3.22. The van der Waals surface area contributed by atoms with Gasteiger partial charge in [-0.1, -0.05) is 25.1 Å². The van der Waals surface area contributed by atoms with Gasteiger partial charge in [-0.15, -0.1) is 0 Å². The van der Waals surface area contributed by atoms with Crippen LogP contribution in [0.15, 0.2) is 40.8 Å². The fraction of sp³-hybridized carbons (Fsp3) is 0.333. The Hall–Kier alpha value is -1.75. The lowest BCUT2D eigenvalue weighted by atomic mass is 10.1. The van der Waals surface area contributed by atoms with E-state index < -0.39 is 11.7 Å². The molecule has 0 saturated carbocycles. The van der Waals surface area contributed by atoms with E-state index in [1.54, 1.807) is 25.2 Å². The van der Waals surface area contributed by atoms with E-state index in [0.29, 0.717) is 5.76 Å². The molecule has 1 N–H and O–H groups in total. The predicted octanol–water partition coefficient (Wildman–Crippen LogP) is 4.64. The molecule has 1 atom stereocenters. The van der Waals surface area contributed by atoms with Crippen molar-refractivity contribution in [3.63, 3.8) is 0 Å². The van der Waals surface area contributed by atoms with E-state index in [0.717, 1.165) is 12.5 Å². The molecule has 0 aliphatic heterocycles. The standard InChI is InChI=1S/C15H16F3NO/c1-3-12(19-2)14-9-8-13(20-14)10-6-4-5-7-11(10)15(16,17)18/h4-9,12,19H,3H2,1-2H3. The van der Waals surface area contributed by atoms with Crippen LogP contribution in [0.4, 0.5) is 13.2 Å². The smallest absolute Gasteiger partial charge is 0.417 e. The topological polar surface area (TPSA) is 25.2 Å². The number of benzene rings is 1. The summed E-state index contributed by atoms with van der Waals surface area (Å²) in [5.41, 5.74) is -0.615. The Bertz CT molecular complexity index is 570. The van der Waals surface area contributed by atoms with E-state index in [-0.39, 0.29) is 17.4 Å². The van der Waals surface area contributed by atoms with Gasteiger partial charge in [0.2, 0.25) is 0 Å². The second-order valence-electron chi connectivity index (χ2n) is 4.49. The number of nitrogens with one attached hydrogen (secondary N) is 1. The molecule has 0 amide bonds. The van der Waals surface area contributed by atoms with Crippen molar-refractivity contribution in [3.8, 4) is 11.3 Å². The molecule has 2 rings (SSSR count). The summed E-state index contributed by atoms with van der Waals surface area (Å²) in [6.07, 6.45) is -3.60. The summed E-state index contributed by atoms with van der Waals surface area (Å²) in [7, 11) is 1.79. The zero-order valence-electron chi connectivity index (χ0n) is 11.3. The van der Waals surface area contributed by atoms with Crippen molar-refractivity contribution >= 4 is 0 Å². The van der Waals surface area contributed by atoms with E-state index >= 15 is 0 Å². The second kappa shape index (κ2) is 5.71. The van der Waals surface area contributed by atoms with E-state index in [9.17, 15) is 13.2 Å². The van der Waals surface area contributed by atoms with E-state index in [2.05, 4.69) is 5.32 Å². The van der Waals surface area contributed by atoms with E-state index in [1.165, 1.54) is 12.1 Å². The maximum absolute atomic E-state index is 13.0. The number of hydrogen-bond acceptors (Lipinski definition) is 2. The zero-order chi connectivity index (χ0) is 14.8. The molecule has 1 unspecified atom stereocenters. The van der Waals surface area contributed by atoms with Crippen LogP contribution in [0.25, 0.3) is 11.3 Å². The summed E-state index contributed by atoms with van der Waals surface area (Å²) in [5.74, 6) is 0.878. The first kappa shape index (κ1) is 14.7. The molecule has 1 aromatic heterocycles. The van der Waals surface area contributed by atoms with Crippen LogP contribution >= 0.6 is 0 Å². The van der Waals surface area contributed by atoms with Gasteiger partial charge in [0.15, 0.2) is 0 Å². The van der Waals surface area contributed by atoms with Crippen LogP contribution in [0, 0.1) is 0 Å². The van der Waals surface area contributed by atoms with E-state index in [4.69, 9.17) is 4.42 Å². The van der Waals surface area contributed by atoms with Crippen molar-refractivity contribution in [1.82, 2.24) is 5.32 Å². The van der Waals surface area contributed by atoms with Crippen LogP contribution in [-0.2, 0) is 6.18 Å². The molecule has 0 aliphatic rings. The minimum Gasteiger partial charge on any atom is -0.459 e. The molecule has 2 aromatic rings. The van der Waals surface area contributed by atoms with E-state index in [1.807, 2.05) is 6.92 Å². The molecular formula is C15H16F3NO. The summed E-state index contributed by atoms with van der Waals surface area (Å²) < 4.78 is 44.5. The lowest BCUT2D eigenvalue weighted by molar-refractivity contribution is -0.137. The van der Waals surface area contributed by atoms with Crippen LogP contribution in [0.1, 0.15) is 30.7 Å². The van der Waals surface area contributed by atoms with Crippen LogP contribution in [0.5, 0.6) is 0 Å². The van der Waals surface area contributed by atoms with Crippen molar-refractivity contribution in [2.75, 3.05) is 7.05 Å². The first-order valence-corrected chi connectivity index (χ1v) is 6.41. The number of alkyl halides is 3. The van der Waals surface area contributed by atoms with Crippen molar-refractivity contribution in [2.45, 2.75) is 25.6 Å². The van der Waals surface area contributed by atoms with Gasteiger partial charge in [-0.3, -0.25) is 0 Å². The normalized spacial score (nSPS) is 13.4. The molecular weight excluding hydrogens is 267 g/mol. The van der Waals surface area contributed by atoms with Crippen molar-refractivity contribution in [2.24, 2.45) is 0 Å². The van der Waals surface area contributed by atoms with Gasteiger partial charge in [-0.25, -0.2) is 0 Å². The molecule has 0 spiro atoms. The fourth-order valence-electron chi connectivity index (χ4n) is 2.18. The number of halogens is 3. The Balaban J connectivity index is 2.43. The monoisotopic (exact) mass is 283 g/mol. The average molecular weight is 283 g/mol. The van der Waals surface area contributed by atoms with Gasteiger partial charge in [0, 0.05) is 5.56 Å². The summed E-state index contributed by atoms with van der Waals surface area (Å²) in [5, 5.41) is 3.06.